The van der Waals surface area contributed by atoms with Crippen LogP contribution < -0.4 is 5.32 Å². The highest BCUT2D eigenvalue weighted by molar-refractivity contribution is 7.98. The van der Waals surface area contributed by atoms with Crippen molar-refractivity contribution >= 4 is 40.9 Å². The van der Waals surface area contributed by atoms with E-state index in [-0.39, 0.29) is 10.7 Å². The van der Waals surface area contributed by atoms with E-state index in [1.54, 1.807) is 36.0 Å². The minimum Gasteiger partial charge on any atom is -0.449 e. The van der Waals surface area contributed by atoms with Crippen molar-refractivity contribution in [3.8, 4) is 0 Å². The molecule has 7 heteroatoms. The van der Waals surface area contributed by atoms with Gasteiger partial charge in [0.25, 0.3) is 5.91 Å². The molecule has 1 N–H and O–H groups in total. The first kappa shape index (κ1) is 18.3. The number of halogens is 2. The highest BCUT2D eigenvalue weighted by Gasteiger charge is 2.20. The van der Waals surface area contributed by atoms with E-state index in [0.717, 1.165) is 11.0 Å². The Balaban J connectivity index is 1.98. The van der Waals surface area contributed by atoms with Crippen molar-refractivity contribution in [1.82, 2.24) is 0 Å². The zero-order valence-electron chi connectivity index (χ0n) is 13.0. The molecule has 0 bridgehead atoms. The number of carbonyl (C=O) groups excluding carboxylic acids is 2. The summed E-state index contributed by atoms with van der Waals surface area (Å²) in [4.78, 5) is 25.1. The van der Waals surface area contributed by atoms with Crippen molar-refractivity contribution in [2.24, 2.45) is 0 Å². The number of ether oxygens (including phenoxy) is 1. The van der Waals surface area contributed by atoms with Gasteiger partial charge in [-0.2, -0.15) is 0 Å². The van der Waals surface area contributed by atoms with Gasteiger partial charge >= 0.3 is 5.97 Å². The number of anilines is 1. The molecule has 0 aromatic heterocycles. The summed E-state index contributed by atoms with van der Waals surface area (Å²) in [6.07, 6.45) is 0.850. The van der Waals surface area contributed by atoms with Gasteiger partial charge in [0.05, 0.1) is 11.3 Å². The Morgan fingerprint density at radius 2 is 1.88 bits per heavy atom. The molecule has 126 valence electrons. The monoisotopic (exact) mass is 367 g/mol. The van der Waals surface area contributed by atoms with Gasteiger partial charge in [-0.25, -0.2) is 9.18 Å². The molecule has 24 heavy (non-hydrogen) atoms. The highest BCUT2D eigenvalue weighted by atomic mass is 35.5. The minimum absolute atomic E-state index is 0.0309. The van der Waals surface area contributed by atoms with Crippen LogP contribution in [-0.2, 0) is 9.53 Å². The zero-order valence-corrected chi connectivity index (χ0v) is 14.6. The second-order valence-electron chi connectivity index (χ2n) is 4.89. The quantitative estimate of drug-likeness (QED) is 0.629. The smallest absolute Gasteiger partial charge is 0.338 e. The van der Waals surface area contributed by atoms with E-state index in [2.05, 4.69) is 5.32 Å². The van der Waals surface area contributed by atoms with Crippen molar-refractivity contribution in [3.05, 3.63) is 58.9 Å². The van der Waals surface area contributed by atoms with Crippen LogP contribution >= 0.6 is 23.4 Å². The van der Waals surface area contributed by atoms with E-state index in [1.165, 1.54) is 19.1 Å². The zero-order chi connectivity index (χ0) is 17.7. The Bertz CT molecular complexity index is 752. The molecule has 1 atom stereocenters. The van der Waals surface area contributed by atoms with E-state index >= 15 is 0 Å². The third-order valence-electron chi connectivity index (χ3n) is 3.17. The Hall–Kier alpha value is -2.05. The van der Waals surface area contributed by atoms with E-state index in [9.17, 15) is 14.0 Å². The number of hydrogen-bond donors (Lipinski definition) is 1. The van der Waals surface area contributed by atoms with E-state index in [1.807, 2.05) is 6.26 Å². The number of hydrogen-bond acceptors (Lipinski definition) is 4. The standard InChI is InChI=1S/C17H15ClFNO3S/c1-10(16(21)20-15-8-5-12(18)9-14(15)19)23-17(22)11-3-6-13(24-2)7-4-11/h3-10H,1-2H3,(H,20,21)/t10-/m0/s1. The summed E-state index contributed by atoms with van der Waals surface area (Å²) >= 11 is 7.20. The molecular weight excluding hydrogens is 353 g/mol. The van der Waals surface area contributed by atoms with Crippen LogP contribution in [0.4, 0.5) is 10.1 Å². The lowest BCUT2D eigenvalue weighted by Crippen LogP contribution is -2.30. The highest BCUT2D eigenvalue weighted by Crippen LogP contribution is 2.19. The van der Waals surface area contributed by atoms with Crippen LogP contribution in [0.1, 0.15) is 17.3 Å². The van der Waals surface area contributed by atoms with Gasteiger partial charge in [0.15, 0.2) is 6.10 Å². The third-order valence-corrected chi connectivity index (χ3v) is 4.15. The predicted molar refractivity (Wildman–Crippen MR) is 93.1 cm³/mol. The molecule has 1 amide bonds. The average molecular weight is 368 g/mol. The molecule has 0 aliphatic heterocycles. The third kappa shape index (κ3) is 4.72. The number of benzene rings is 2. The summed E-state index contributed by atoms with van der Waals surface area (Å²) in [5.74, 6) is -1.92. The predicted octanol–water partition coefficient (Wildman–Crippen LogP) is 4.39. The molecule has 0 heterocycles. The Morgan fingerprint density at radius 1 is 1.21 bits per heavy atom. The fourth-order valence-corrected chi connectivity index (χ4v) is 2.40. The molecule has 0 unspecified atom stereocenters. The molecule has 0 aliphatic carbocycles. The second kappa shape index (κ2) is 8.17. The van der Waals surface area contributed by atoms with E-state index < -0.39 is 23.8 Å². The largest absolute Gasteiger partial charge is 0.449 e. The summed E-state index contributed by atoms with van der Waals surface area (Å²) in [5.41, 5.74) is 0.307. The van der Waals surface area contributed by atoms with Gasteiger partial charge in [-0.05, 0) is 55.6 Å². The molecule has 0 fully saturated rings. The first-order valence-corrected chi connectivity index (χ1v) is 8.62. The van der Waals surface area contributed by atoms with Crippen LogP contribution in [-0.4, -0.2) is 24.2 Å². The van der Waals surface area contributed by atoms with Crippen LogP contribution in [0, 0.1) is 5.82 Å². The molecule has 0 aliphatic rings. The fraction of sp³-hybridized carbons (Fsp3) is 0.176. The Labute approximate surface area is 148 Å². The van der Waals surface area contributed by atoms with Gasteiger partial charge in [0.2, 0.25) is 0 Å². The van der Waals surface area contributed by atoms with E-state index in [4.69, 9.17) is 16.3 Å². The molecule has 4 nitrogen and oxygen atoms in total. The van der Waals surface area contributed by atoms with Crippen LogP contribution in [0.2, 0.25) is 5.02 Å². The molecule has 0 saturated carbocycles. The molecule has 0 spiro atoms. The van der Waals surface area contributed by atoms with Gasteiger partial charge < -0.3 is 10.1 Å². The van der Waals surface area contributed by atoms with Crippen molar-refractivity contribution < 1.29 is 18.7 Å². The normalized spacial score (nSPS) is 11.7. The number of nitrogens with one attached hydrogen (secondary N) is 1. The van der Waals surface area contributed by atoms with Crippen LogP contribution in [0.5, 0.6) is 0 Å². The lowest BCUT2D eigenvalue weighted by molar-refractivity contribution is -0.123. The van der Waals surface area contributed by atoms with Crippen LogP contribution in [0.15, 0.2) is 47.4 Å². The topological polar surface area (TPSA) is 55.4 Å². The molecule has 2 aromatic carbocycles. The van der Waals surface area contributed by atoms with Crippen molar-refractivity contribution in [3.63, 3.8) is 0 Å². The van der Waals surface area contributed by atoms with Crippen molar-refractivity contribution in [2.75, 3.05) is 11.6 Å². The average Bonchev–Trinajstić information content (AvgIpc) is 2.57. The lowest BCUT2D eigenvalue weighted by Gasteiger charge is -2.14. The van der Waals surface area contributed by atoms with Gasteiger partial charge in [0, 0.05) is 9.92 Å². The van der Waals surface area contributed by atoms with Gasteiger partial charge in [-0.3, -0.25) is 4.79 Å². The Kier molecular flexibility index (Phi) is 6.23. The summed E-state index contributed by atoms with van der Waals surface area (Å²) in [6, 6.07) is 10.7. The SMILES string of the molecule is CSc1ccc(C(=O)O[C@@H](C)C(=O)Nc2ccc(Cl)cc2F)cc1. The fourth-order valence-electron chi connectivity index (χ4n) is 1.83. The minimum atomic E-state index is -1.08. The molecular formula is C17H15ClFNO3S. The molecule has 2 aromatic rings. The maximum atomic E-state index is 13.7. The molecule has 0 saturated heterocycles. The second-order valence-corrected chi connectivity index (χ2v) is 6.21. The number of carbonyl (C=O) groups is 2. The summed E-state index contributed by atoms with van der Waals surface area (Å²) in [6.45, 7) is 1.41. The van der Waals surface area contributed by atoms with Gasteiger partial charge in [-0.15, -0.1) is 11.8 Å². The Morgan fingerprint density at radius 3 is 2.46 bits per heavy atom. The summed E-state index contributed by atoms with van der Waals surface area (Å²) < 4.78 is 18.8. The maximum absolute atomic E-state index is 13.7. The molecule has 0 radical (unpaired) electrons. The number of esters is 1. The van der Waals surface area contributed by atoms with E-state index in [0.29, 0.717) is 5.56 Å². The van der Waals surface area contributed by atoms with Crippen LogP contribution in [0.3, 0.4) is 0 Å². The summed E-state index contributed by atoms with van der Waals surface area (Å²) in [7, 11) is 0. The van der Waals surface area contributed by atoms with Gasteiger partial charge in [0.1, 0.15) is 5.82 Å². The first-order chi connectivity index (χ1) is 11.4. The molecule has 2 rings (SSSR count). The number of amides is 1. The lowest BCUT2D eigenvalue weighted by atomic mass is 10.2. The maximum Gasteiger partial charge on any atom is 0.338 e. The number of thioether (sulfide) groups is 1. The summed E-state index contributed by atoms with van der Waals surface area (Å²) in [5, 5.41) is 2.58. The van der Waals surface area contributed by atoms with Crippen LogP contribution in [0.25, 0.3) is 0 Å². The first-order valence-electron chi connectivity index (χ1n) is 7.01. The van der Waals surface area contributed by atoms with Gasteiger partial charge in [-0.1, -0.05) is 11.6 Å². The van der Waals surface area contributed by atoms with Crippen molar-refractivity contribution in [2.45, 2.75) is 17.9 Å². The number of rotatable bonds is 5. The van der Waals surface area contributed by atoms with Crippen molar-refractivity contribution in [1.29, 1.82) is 0 Å².